The number of nitrogens with one attached hydrogen (secondary N) is 2. The molecule has 94 valence electrons. The van der Waals surface area contributed by atoms with Gasteiger partial charge in [-0.05, 0) is 32.4 Å². The largest absolute Gasteiger partial charge is 0.382 e. The molecule has 2 N–H and O–H groups in total. The van der Waals surface area contributed by atoms with Crippen LogP contribution in [0.25, 0.3) is 0 Å². The first-order valence-corrected chi connectivity index (χ1v) is 5.77. The second-order valence-corrected chi connectivity index (χ2v) is 3.62. The molecule has 0 unspecified atom stereocenters. The highest BCUT2D eigenvalue weighted by Gasteiger charge is 2.00. The molecule has 5 heteroatoms. The number of ether oxygens (including phenoxy) is 1. The SMILES string of the molecule is CCOCCCNC(=O)Nc1ccnc(C)c1. The fourth-order valence-corrected chi connectivity index (χ4v) is 1.32. The Balaban J connectivity index is 2.21. The van der Waals surface area contributed by atoms with Gasteiger partial charge < -0.3 is 15.4 Å². The van der Waals surface area contributed by atoms with E-state index in [1.54, 1.807) is 12.3 Å². The van der Waals surface area contributed by atoms with Crippen molar-refractivity contribution in [3.63, 3.8) is 0 Å². The third-order valence-corrected chi connectivity index (χ3v) is 2.11. The van der Waals surface area contributed by atoms with Crippen molar-refractivity contribution in [2.45, 2.75) is 20.3 Å². The molecule has 5 nitrogen and oxygen atoms in total. The number of pyridine rings is 1. The number of carbonyl (C=O) groups excluding carboxylic acids is 1. The van der Waals surface area contributed by atoms with E-state index in [9.17, 15) is 4.79 Å². The molecule has 1 aromatic rings. The van der Waals surface area contributed by atoms with Crippen LogP contribution in [-0.2, 0) is 4.74 Å². The van der Waals surface area contributed by atoms with E-state index in [0.717, 1.165) is 17.8 Å². The van der Waals surface area contributed by atoms with Gasteiger partial charge in [-0.15, -0.1) is 0 Å². The quantitative estimate of drug-likeness (QED) is 0.743. The Bertz CT molecular complexity index is 355. The van der Waals surface area contributed by atoms with Crippen LogP contribution in [-0.4, -0.2) is 30.8 Å². The second kappa shape index (κ2) is 7.62. The lowest BCUT2D eigenvalue weighted by Gasteiger charge is -2.07. The Morgan fingerprint density at radius 2 is 2.35 bits per heavy atom. The van der Waals surface area contributed by atoms with Gasteiger partial charge in [0.25, 0.3) is 0 Å². The molecule has 1 aromatic heterocycles. The van der Waals surface area contributed by atoms with Gasteiger partial charge in [0, 0.05) is 37.3 Å². The first kappa shape index (κ1) is 13.4. The predicted molar refractivity (Wildman–Crippen MR) is 67.1 cm³/mol. The number of nitrogens with zero attached hydrogens (tertiary/aromatic N) is 1. The minimum absolute atomic E-state index is 0.202. The van der Waals surface area contributed by atoms with Gasteiger partial charge in [0.05, 0.1) is 0 Å². The van der Waals surface area contributed by atoms with Gasteiger partial charge in [-0.25, -0.2) is 4.79 Å². The molecule has 0 fully saturated rings. The topological polar surface area (TPSA) is 63.2 Å². The van der Waals surface area contributed by atoms with E-state index in [2.05, 4.69) is 15.6 Å². The summed E-state index contributed by atoms with van der Waals surface area (Å²) in [5, 5.41) is 5.50. The Morgan fingerprint density at radius 1 is 1.53 bits per heavy atom. The molecule has 0 atom stereocenters. The van der Waals surface area contributed by atoms with Gasteiger partial charge in [-0.3, -0.25) is 4.98 Å². The predicted octanol–water partition coefficient (Wildman–Crippen LogP) is 1.94. The first-order chi connectivity index (χ1) is 8.22. The lowest BCUT2D eigenvalue weighted by Crippen LogP contribution is -2.30. The Hall–Kier alpha value is -1.62. The van der Waals surface area contributed by atoms with Gasteiger partial charge >= 0.3 is 6.03 Å². The van der Waals surface area contributed by atoms with Crippen molar-refractivity contribution in [3.05, 3.63) is 24.0 Å². The number of amides is 2. The summed E-state index contributed by atoms with van der Waals surface area (Å²) in [5.74, 6) is 0. The van der Waals surface area contributed by atoms with E-state index < -0.39 is 0 Å². The lowest BCUT2D eigenvalue weighted by molar-refractivity contribution is 0.145. The van der Waals surface area contributed by atoms with E-state index in [1.165, 1.54) is 0 Å². The summed E-state index contributed by atoms with van der Waals surface area (Å²) >= 11 is 0. The van der Waals surface area contributed by atoms with Crippen LogP contribution < -0.4 is 10.6 Å². The first-order valence-electron chi connectivity index (χ1n) is 5.77. The second-order valence-electron chi connectivity index (χ2n) is 3.62. The lowest BCUT2D eigenvalue weighted by atomic mass is 10.3. The molecule has 1 rings (SSSR count). The number of hydrogen-bond acceptors (Lipinski definition) is 3. The molecule has 0 saturated carbocycles. The van der Waals surface area contributed by atoms with Gasteiger partial charge in [0.15, 0.2) is 0 Å². The van der Waals surface area contributed by atoms with Crippen molar-refractivity contribution in [1.82, 2.24) is 10.3 Å². The third kappa shape index (κ3) is 5.87. The molecule has 0 bridgehead atoms. The maximum Gasteiger partial charge on any atom is 0.319 e. The Kier molecular flexibility index (Phi) is 6.03. The van der Waals surface area contributed by atoms with E-state index in [4.69, 9.17) is 4.74 Å². The molecule has 0 saturated heterocycles. The molecular weight excluding hydrogens is 218 g/mol. The molecular formula is C12H19N3O2. The van der Waals surface area contributed by atoms with Crippen LogP contribution in [0.1, 0.15) is 19.0 Å². The van der Waals surface area contributed by atoms with Gasteiger partial charge in [-0.2, -0.15) is 0 Å². The van der Waals surface area contributed by atoms with Crippen molar-refractivity contribution < 1.29 is 9.53 Å². The summed E-state index contributed by atoms with van der Waals surface area (Å²) in [5.41, 5.74) is 1.62. The highest BCUT2D eigenvalue weighted by Crippen LogP contribution is 2.06. The molecule has 0 aromatic carbocycles. The molecule has 0 aliphatic rings. The van der Waals surface area contributed by atoms with Crippen LogP contribution in [0.4, 0.5) is 10.5 Å². The molecule has 1 heterocycles. The number of anilines is 1. The molecule has 17 heavy (non-hydrogen) atoms. The number of aryl methyl sites for hydroxylation is 1. The summed E-state index contributed by atoms with van der Waals surface area (Å²) < 4.78 is 5.17. The Morgan fingerprint density at radius 3 is 3.06 bits per heavy atom. The number of rotatable bonds is 6. The normalized spacial score (nSPS) is 10.0. The summed E-state index contributed by atoms with van der Waals surface area (Å²) in [6.45, 7) is 5.82. The molecule has 0 aliphatic carbocycles. The number of aromatic nitrogens is 1. The minimum atomic E-state index is -0.202. The number of hydrogen-bond donors (Lipinski definition) is 2. The zero-order chi connectivity index (χ0) is 12.5. The molecule has 0 aliphatic heterocycles. The third-order valence-electron chi connectivity index (χ3n) is 2.11. The van der Waals surface area contributed by atoms with E-state index in [-0.39, 0.29) is 6.03 Å². The summed E-state index contributed by atoms with van der Waals surface area (Å²) in [6.07, 6.45) is 2.48. The maximum atomic E-state index is 11.5. The fourth-order valence-electron chi connectivity index (χ4n) is 1.32. The van der Waals surface area contributed by atoms with E-state index in [0.29, 0.717) is 19.8 Å². The summed E-state index contributed by atoms with van der Waals surface area (Å²) in [6, 6.07) is 3.37. The average molecular weight is 237 g/mol. The minimum Gasteiger partial charge on any atom is -0.382 e. The summed E-state index contributed by atoms with van der Waals surface area (Å²) in [4.78, 5) is 15.5. The van der Waals surface area contributed by atoms with Crippen molar-refractivity contribution in [2.24, 2.45) is 0 Å². The maximum absolute atomic E-state index is 11.5. The van der Waals surface area contributed by atoms with Crippen LogP contribution in [0, 0.1) is 6.92 Å². The van der Waals surface area contributed by atoms with Crippen molar-refractivity contribution in [3.8, 4) is 0 Å². The molecule has 0 spiro atoms. The van der Waals surface area contributed by atoms with E-state index >= 15 is 0 Å². The van der Waals surface area contributed by atoms with Crippen LogP contribution in [0.5, 0.6) is 0 Å². The standard InChI is InChI=1S/C12H19N3O2/c1-3-17-8-4-6-14-12(16)15-11-5-7-13-10(2)9-11/h5,7,9H,3-4,6,8H2,1-2H3,(H2,13,14,15,16). The van der Waals surface area contributed by atoms with Gasteiger partial charge in [-0.1, -0.05) is 0 Å². The highest BCUT2D eigenvalue weighted by molar-refractivity contribution is 5.89. The molecule has 0 radical (unpaired) electrons. The van der Waals surface area contributed by atoms with Crippen LogP contribution in [0.2, 0.25) is 0 Å². The highest BCUT2D eigenvalue weighted by atomic mass is 16.5. The van der Waals surface area contributed by atoms with Crippen molar-refractivity contribution in [2.75, 3.05) is 25.1 Å². The fraction of sp³-hybridized carbons (Fsp3) is 0.500. The molecule has 2 amide bonds. The monoisotopic (exact) mass is 237 g/mol. The zero-order valence-corrected chi connectivity index (χ0v) is 10.3. The number of urea groups is 1. The van der Waals surface area contributed by atoms with Crippen LogP contribution >= 0.6 is 0 Å². The van der Waals surface area contributed by atoms with Crippen LogP contribution in [0.3, 0.4) is 0 Å². The Labute approximate surface area is 102 Å². The smallest absolute Gasteiger partial charge is 0.319 e. The van der Waals surface area contributed by atoms with Crippen LogP contribution in [0.15, 0.2) is 18.3 Å². The van der Waals surface area contributed by atoms with Crippen molar-refractivity contribution >= 4 is 11.7 Å². The summed E-state index contributed by atoms with van der Waals surface area (Å²) in [7, 11) is 0. The average Bonchev–Trinajstić information content (AvgIpc) is 2.29. The van der Waals surface area contributed by atoms with Gasteiger partial charge in [0.1, 0.15) is 0 Å². The zero-order valence-electron chi connectivity index (χ0n) is 10.3. The van der Waals surface area contributed by atoms with Gasteiger partial charge in [0.2, 0.25) is 0 Å². The van der Waals surface area contributed by atoms with Crippen molar-refractivity contribution in [1.29, 1.82) is 0 Å². The number of carbonyl (C=O) groups is 1. The van der Waals surface area contributed by atoms with E-state index in [1.807, 2.05) is 19.9 Å².